The van der Waals surface area contributed by atoms with Gasteiger partial charge in [-0.1, -0.05) is 107 Å². The summed E-state index contributed by atoms with van der Waals surface area (Å²) >= 11 is 25.8. The first-order valence-electron chi connectivity index (χ1n) is 13.4. The number of carbonyl (C=O) groups is 2. The molecular weight excluding hydrogens is 664 g/mol. The quantitative estimate of drug-likeness (QED) is 0.180. The van der Waals surface area contributed by atoms with Crippen LogP contribution in [0, 0.1) is 6.92 Å². The van der Waals surface area contributed by atoms with Gasteiger partial charge < -0.3 is 10.2 Å². The summed E-state index contributed by atoms with van der Waals surface area (Å²) in [5.74, 6) is -1.16. The van der Waals surface area contributed by atoms with Gasteiger partial charge in [-0.3, -0.25) is 13.9 Å². The number of likely N-dealkylation sites (N-methyl/N-ethyl adjacent to an activating group) is 1. The molecule has 2 amide bonds. The summed E-state index contributed by atoms with van der Waals surface area (Å²) in [6, 6.07) is 23.7. The van der Waals surface area contributed by atoms with Crippen LogP contribution < -0.4 is 9.62 Å². The summed E-state index contributed by atoms with van der Waals surface area (Å²) in [6.07, 6.45) is 0.136. The highest BCUT2D eigenvalue weighted by Crippen LogP contribution is 2.36. The molecule has 0 aliphatic rings. The SMILES string of the molecule is CNC(=O)[C@@H](Cc1ccccc1)N(Cc1c(Cl)cccc1Cl)C(=O)CN(c1cccc(Cl)c1Cl)S(=O)(=O)c1ccc(C)cc1. The van der Waals surface area contributed by atoms with E-state index < -0.39 is 34.4 Å². The molecule has 4 aromatic carbocycles. The van der Waals surface area contributed by atoms with Crippen molar-refractivity contribution < 1.29 is 18.0 Å². The smallest absolute Gasteiger partial charge is 0.264 e. The molecule has 0 saturated heterocycles. The van der Waals surface area contributed by atoms with Crippen LogP contribution >= 0.6 is 46.4 Å². The lowest BCUT2D eigenvalue weighted by Crippen LogP contribution is -2.53. The molecule has 0 aromatic heterocycles. The zero-order chi connectivity index (χ0) is 32.0. The lowest BCUT2D eigenvalue weighted by Gasteiger charge is -2.34. The zero-order valence-corrected chi connectivity index (χ0v) is 27.6. The number of nitrogens with zero attached hydrogens (tertiary/aromatic N) is 2. The van der Waals surface area contributed by atoms with Crippen molar-refractivity contribution in [2.75, 3.05) is 17.9 Å². The highest BCUT2D eigenvalue weighted by atomic mass is 35.5. The second-order valence-corrected chi connectivity index (χ2v) is 13.4. The number of nitrogens with one attached hydrogen (secondary N) is 1. The van der Waals surface area contributed by atoms with Gasteiger partial charge in [-0.05, 0) is 48.9 Å². The highest BCUT2D eigenvalue weighted by Gasteiger charge is 2.35. The predicted molar refractivity (Wildman–Crippen MR) is 177 cm³/mol. The number of sulfonamides is 1. The molecule has 0 spiro atoms. The minimum atomic E-state index is -4.35. The van der Waals surface area contributed by atoms with Crippen LogP contribution in [0.1, 0.15) is 16.7 Å². The Morgan fingerprint density at radius 1 is 0.795 bits per heavy atom. The molecular formula is C32H29Cl4N3O4S. The molecule has 1 N–H and O–H groups in total. The average Bonchev–Trinajstić information content (AvgIpc) is 3.00. The fourth-order valence-corrected chi connectivity index (χ4v) is 7.00. The molecule has 0 radical (unpaired) electrons. The van der Waals surface area contributed by atoms with E-state index in [0.717, 1.165) is 15.4 Å². The van der Waals surface area contributed by atoms with Crippen LogP contribution in [0.15, 0.2) is 95.9 Å². The molecule has 1 atom stereocenters. The summed E-state index contributed by atoms with van der Waals surface area (Å²) in [6.45, 7) is 0.944. The topological polar surface area (TPSA) is 86.8 Å². The lowest BCUT2D eigenvalue weighted by atomic mass is 10.0. The number of carbonyl (C=O) groups excluding carboxylic acids is 2. The van der Waals surface area contributed by atoms with Crippen molar-refractivity contribution >= 4 is 73.9 Å². The molecule has 0 heterocycles. The second-order valence-electron chi connectivity index (χ2n) is 9.94. The molecule has 0 unspecified atom stereocenters. The Labute approximate surface area is 277 Å². The third kappa shape index (κ3) is 7.68. The maximum atomic E-state index is 14.4. The van der Waals surface area contributed by atoms with Crippen LogP contribution in [0.3, 0.4) is 0 Å². The van der Waals surface area contributed by atoms with E-state index in [-0.39, 0.29) is 43.6 Å². The van der Waals surface area contributed by atoms with Gasteiger partial charge in [0.2, 0.25) is 11.8 Å². The van der Waals surface area contributed by atoms with E-state index in [1.54, 1.807) is 30.3 Å². The monoisotopic (exact) mass is 691 g/mol. The zero-order valence-electron chi connectivity index (χ0n) is 23.8. The first kappa shape index (κ1) is 33.6. The molecule has 7 nitrogen and oxygen atoms in total. The van der Waals surface area contributed by atoms with E-state index in [4.69, 9.17) is 46.4 Å². The van der Waals surface area contributed by atoms with Gasteiger partial charge in [0.05, 0.1) is 20.6 Å². The third-order valence-corrected chi connectivity index (χ3v) is 10.3. The molecule has 0 aliphatic heterocycles. The Balaban J connectivity index is 1.85. The van der Waals surface area contributed by atoms with Crippen LogP contribution in [-0.4, -0.2) is 44.8 Å². The Kier molecular flexibility index (Phi) is 11.2. The molecule has 230 valence electrons. The van der Waals surface area contributed by atoms with Crippen molar-refractivity contribution in [3.8, 4) is 0 Å². The molecule has 0 fully saturated rings. The van der Waals surface area contributed by atoms with Crippen molar-refractivity contribution in [1.29, 1.82) is 0 Å². The number of aryl methyl sites for hydroxylation is 1. The van der Waals surface area contributed by atoms with E-state index in [1.165, 1.54) is 42.3 Å². The predicted octanol–water partition coefficient (Wildman–Crippen LogP) is 7.19. The van der Waals surface area contributed by atoms with E-state index in [9.17, 15) is 18.0 Å². The number of anilines is 1. The van der Waals surface area contributed by atoms with Crippen molar-refractivity contribution in [1.82, 2.24) is 10.2 Å². The van der Waals surface area contributed by atoms with Gasteiger partial charge >= 0.3 is 0 Å². The molecule has 44 heavy (non-hydrogen) atoms. The number of rotatable bonds is 11. The van der Waals surface area contributed by atoms with E-state index >= 15 is 0 Å². The number of hydrogen-bond donors (Lipinski definition) is 1. The van der Waals surface area contributed by atoms with Crippen molar-refractivity contribution in [3.63, 3.8) is 0 Å². The van der Waals surface area contributed by atoms with Crippen molar-refractivity contribution in [2.24, 2.45) is 0 Å². The standard InChI is InChI=1S/C32H29Cl4N3O4S/c1-21-14-16-23(17-15-21)44(42,43)39(28-13-7-12-27(35)31(28)36)20-30(40)38(19-24-25(33)10-6-11-26(24)34)29(32(41)37-2)18-22-8-4-3-5-9-22/h3-17,29H,18-20H2,1-2H3,(H,37,41)/t29-/m1/s1. The first-order chi connectivity index (χ1) is 20.9. The van der Waals surface area contributed by atoms with E-state index in [1.807, 2.05) is 37.3 Å². The van der Waals surface area contributed by atoms with Crippen LogP contribution in [0.25, 0.3) is 0 Å². The fourth-order valence-electron chi connectivity index (χ4n) is 4.61. The van der Waals surface area contributed by atoms with Gasteiger partial charge in [-0.25, -0.2) is 8.42 Å². The molecule has 0 bridgehead atoms. The van der Waals surface area contributed by atoms with Crippen LogP contribution in [-0.2, 0) is 32.6 Å². The molecule has 0 aliphatic carbocycles. The maximum Gasteiger partial charge on any atom is 0.264 e. The fraction of sp³-hybridized carbons (Fsp3) is 0.188. The van der Waals surface area contributed by atoms with Crippen LogP contribution in [0.5, 0.6) is 0 Å². The Morgan fingerprint density at radius 3 is 2.00 bits per heavy atom. The highest BCUT2D eigenvalue weighted by molar-refractivity contribution is 7.92. The van der Waals surface area contributed by atoms with Gasteiger partial charge in [0, 0.05) is 35.6 Å². The minimum absolute atomic E-state index is 0.00312. The number of benzene rings is 4. The van der Waals surface area contributed by atoms with Gasteiger partial charge in [0.15, 0.2) is 0 Å². The number of amides is 2. The summed E-state index contributed by atoms with van der Waals surface area (Å²) in [5.41, 5.74) is 2.04. The van der Waals surface area contributed by atoms with E-state index in [2.05, 4.69) is 5.32 Å². The molecule has 4 aromatic rings. The lowest BCUT2D eigenvalue weighted by molar-refractivity contribution is -0.139. The Bertz CT molecular complexity index is 1730. The van der Waals surface area contributed by atoms with E-state index in [0.29, 0.717) is 5.56 Å². The Hall–Kier alpha value is -3.27. The average molecular weight is 693 g/mol. The summed E-state index contributed by atoms with van der Waals surface area (Å²) in [5, 5.41) is 3.25. The molecule has 4 rings (SSSR count). The van der Waals surface area contributed by atoms with Crippen molar-refractivity contribution in [3.05, 3.63) is 128 Å². The first-order valence-corrected chi connectivity index (χ1v) is 16.4. The number of hydrogen-bond acceptors (Lipinski definition) is 4. The van der Waals surface area contributed by atoms with Gasteiger partial charge in [-0.2, -0.15) is 0 Å². The molecule has 12 heteroatoms. The van der Waals surface area contributed by atoms with Gasteiger partial charge in [0.1, 0.15) is 12.6 Å². The van der Waals surface area contributed by atoms with Crippen LogP contribution in [0.4, 0.5) is 5.69 Å². The summed E-state index contributed by atoms with van der Waals surface area (Å²) < 4.78 is 29.1. The number of halogens is 4. The summed E-state index contributed by atoms with van der Waals surface area (Å²) in [4.78, 5) is 29.0. The summed E-state index contributed by atoms with van der Waals surface area (Å²) in [7, 11) is -2.88. The third-order valence-electron chi connectivity index (χ3n) is 7.00. The minimum Gasteiger partial charge on any atom is -0.357 e. The second kappa shape index (κ2) is 14.7. The van der Waals surface area contributed by atoms with Crippen LogP contribution in [0.2, 0.25) is 20.1 Å². The van der Waals surface area contributed by atoms with Gasteiger partial charge in [-0.15, -0.1) is 0 Å². The Morgan fingerprint density at radius 2 is 1.39 bits per heavy atom. The normalized spacial score (nSPS) is 12.0. The van der Waals surface area contributed by atoms with Gasteiger partial charge in [0.25, 0.3) is 10.0 Å². The van der Waals surface area contributed by atoms with Crippen molar-refractivity contribution in [2.45, 2.75) is 30.8 Å². The largest absolute Gasteiger partial charge is 0.357 e. The molecule has 0 saturated carbocycles. The maximum absolute atomic E-state index is 14.4.